The van der Waals surface area contributed by atoms with Gasteiger partial charge in [0.25, 0.3) is 0 Å². The van der Waals surface area contributed by atoms with Gasteiger partial charge < -0.3 is 16.3 Å². The third-order valence-electron chi connectivity index (χ3n) is 0.506. The van der Waals surface area contributed by atoms with E-state index in [-0.39, 0.29) is 32.7 Å². The zero-order valence-electron chi connectivity index (χ0n) is 4.01. The molecule has 0 unspecified atom stereocenters. The fraction of sp³-hybridized carbons (Fsp3) is 0.250. The van der Waals surface area contributed by atoms with Gasteiger partial charge in [0.15, 0.2) is 0 Å². The predicted molar refractivity (Wildman–Crippen MR) is 25.7 cm³/mol. The summed E-state index contributed by atoms with van der Waals surface area (Å²) in [6.07, 6.45) is 0. The van der Waals surface area contributed by atoms with Gasteiger partial charge in [-0.15, -0.1) is 0 Å². The SMILES string of the molecule is Cc1[c-]scn1.[Y]. The molecule has 0 aliphatic heterocycles. The van der Waals surface area contributed by atoms with Crippen LogP contribution in [0.4, 0.5) is 0 Å². The van der Waals surface area contributed by atoms with Gasteiger partial charge in [0, 0.05) is 32.7 Å². The summed E-state index contributed by atoms with van der Waals surface area (Å²) in [5, 5.41) is 2.93. The Balaban J connectivity index is 0.000000360. The molecule has 7 heavy (non-hydrogen) atoms. The van der Waals surface area contributed by atoms with E-state index in [1.165, 1.54) is 11.3 Å². The number of hydrogen-bond acceptors (Lipinski definition) is 2. The normalized spacial score (nSPS) is 7.57. The third kappa shape index (κ3) is 2.52. The zero-order valence-corrected chi connectivity index (χ0v) is 7.66. The Bertz CT molecular complexity index is 115. The molecule has 0 saturated carbocycles. The van der Waals surface area contributed by atoms with Crippen LogP contribution in [0, 0.1) is 12.3 Å². The van der Waals surface area contributed by atoms with E-state index in [9.17, 15) is 0 Å². The number of hydrogen-bond donors (Lipinski definition) is 0. The molecule has 3 heteroatoms. The van der Waals surface area contributed by atoms with Gasteiger partial charge in [-0.25, -0.2) is 0 Å². The fourth-order valence-electron chi connectivity index (χ4n) is 0.243. The molecule has 1 rings (SSSR count). The Morgan fingerprint density at radius 3 is 2.71 bits per heavy atom. The maximum Gasteiger partial charge on any atom is 0 e. The Morgan fingerprint density at radius 2 is 2.57 bits per heavy atom. The van der Waals surface area contributed by atoms with E-state index in [4.69, 9.17) is 0 Å². The third-order valence-corrected chi connectivity index (χ3v) is 1.13. The monoisotopic (exact) mass is 187 g/mol. The van der Waals surface area contributed by atoms with E-state index in [2.05, 4.69) is 10.4 Å². The van der Waals surface area contributed by atoms with Crippen molar-refractivity contribution in [1.29, 1.82) is 0 Å². The van der Waals surface area contributed by atoms with E-state index in [1.807, 2.05) is 6.92 Å². The van der Waals surface area contributed by atoms with Crippen molar-refractivity contribution in [2.75, 3.05) is 0 Å². The van der Waals surface area contributed by atoms with E-state index in [0.29, 0.717) is 0 Å². The second-order valence-corrected chi connectivity index (χ2v) is 1.69. The fourth-order valence-corrected chi connectivity index (χ4v) is 0.730. The van der Waals surface area contributed by atoms with Crippen LogP contribution in [0.1, 0.15) is 5.69 Å². The quantitative estimate of drug-likeness (QED) is 0.557. The average molecular weight is 187 g/mol. The molecule has 0 saturated heterocycles. The number of aromatic nitrogens is 1. The number of nitrogens with zero attached hydrogens (tertiary/aromatic N) is 1. The first-order chi connectivity index (χ1) is 2.89. The summed E-state index contributed by atoms with van der Waals surface area (Å²) in [7, 11) is 0. The summed E-state index contributed by atoms with van der Waals surface area (Å²) in [5.74, 6) is 0. The minimum absolute atomic E-state index is 0. The van der Waals surface area contributed by atoms with E-state index >= 15 is 0 Å². The van der Waals surface area contributed by atoms with Gasteiger partial charge >= 0.3 is 0 Å². The molecule has 1 radical (unpaired) electrons. The van der Waals surface area contributed by atoms with Crippen LogP contribution in [0.15, 0.2) is 5.51 Å². The van der Waals surface area contributed by atoms with Crippen molar-refractivity contribution < 1.29 is 32.7 Å². The average Bonchev–Trinajstić information content (AvgIpc) is 1.86. The Labute approximate surface area is 72.0 Å². The number of aryl methyl sites for hydroxylation is 1. The molecule has 0 aliphatic rings. The van der Waals surface area contributed by atoms with Crippen molar-refractivity contribution in [1.82, 2.24) is 4.98 Å². The Kier molecular flexibility index (Phi) is 4.09. The largest absolute Gasteiger partial charge is 0.364 e. The second-order valence-electron chi connectivity index (χ2n) is 1.04. The standard InChI is InChI=1S/C4H4NS.Y/c1-4-2-6-3-5-4;/h3H,1H3;/q-1;. The second kappa shape index (κ2) is 3.70. The van der Waals surface area contributed by atoms with Crippen LogP contribution < -0.4 is 0 Å². The van der Waals surface area contributed by atoms with Crippen LogP contribution in [0.2, 0.25) is 0 Å². The topological polar surface area (TPSA) is 12.9 Å². The molecule has 0 fully saturated rings. The van der Waals surface area contributed by atoms with E-state index in [0.717, 1.165) is 5.69 Å². The van der Waals surface area contributed by atoms with Crippen molar-refractivity contribution in [3.8, 4) is 0 Å². The molecule has 35 valence electrons. The number of rotatable bonds is 0. The van der Waals surface area contributed by atoms with Gasteiger partial charge in [0.2, 0.25) is 0 Å². The molecule has 1 aromatic heterocycles. The van der Waals surface area contributed by atoms with Crippen LogP contribution in [-0.2, 0) is 32.7 Å². The predicted octanol–water partition coefficient (Wildman–Crippen LogP) is 1.25. The van der Waals surface area contributed by atoms with Crippen molar-refractivity contribution >= 4 is 11.3 Å². The first-order valence-electron chi connectivity index (χ1n) is 1.67. The first-order valence-corrected chi connectivity index (χ1v) is 2.55. The van der Waals surface area contributed by atoms with Gasteiger partial charge in [0.05, 0.1) is 0 Å². The summed E-state index contributed by atoms with van der Waals surface area (Å²) in [6, 6.07) is 0. The smallest absolute Gasteiger partial charge is 0 e. The molecule has 0 aliphatic carbocycles. The van der Waals surface area contributed by atoms with Crippen LogP contribution in [0.25, 0.3) is 0 Å². The van der Waals surface area contributed by atoms with Crippen LogP contribution in [0.5, 0.6) is 0 Å². The minimum atomic E-state index is 0. The molecule has 0 atom stereocenters. The molecule has 0 spiro atoms. The molecule has 0 amide bonds. The van der Waals surface area contributed by atoms with Gasteiger partial charge in [0.1, 0.15) is 0 Å². The van der Waals surface area contributed by atoms with E-state index in [1.54, 1.807) is 5.51 Å². The Morgan fingerprint density at radius 1 is 1.86 bits per heavy atom. The maximum absolute atomic E-state index is 3.88. The summed E-state index contributed by atoms with van der Waals surface area (Å²) >= 11 is 1.50. The molecule has 1 aromatic rings. The van der Waals surface area contributed by atoms with Crippen LogP contribution in [0.3, 0.4) is 0 Å². The molecule has 1 heterocycles. The summed E-state index contributed by atoms with van der Waals surface area (Å²) in [6.45, 7) is 1.93. The zero-order chi connectivity index (χ0) is 4.41. The molecular formula is C4H4NSY-. The first kappa shape index (κ1) is 7.73. The van der Waals surface area contributed by atoms with Crippen molar-refractivity contribution in [2.45, 2.75) is 6.92 Å². The minimum Gasteiger partial charge on any atom is -0.364 e. The molecule has 0 bridgehead atoms. The molecule has 1 nitrogen and oxygen atoms in total. The summed E-state index contributed by atoms with van der Waals surface area (Å²) in [4.78, 5) is 3.88. The van der Waals surface area contributed by atoms with Gasteiger partial charge in [-0.05, 0) is 6.92 Å². The van der Waals surface area contributed by atoms with Crippen LogP contribution in [-0.4, -0.2) is 4.98 Å². The maximum atomic E-state index is 3.88. The summed E-state index contributed by atoms with van der Waals surface area (Å²) < 4.78 is 0. The van der Waals surface area contributed by atoms with E-state index < -0.39 is 0 Å². The van der Waals surface area contributed by atoms with Crippen molar-refractivity contribution in [2.24, 2.45) is 0 Å². The van der Waals surface area contributed by atoms with Gasteiger partial charge in [-0.2, -0.15) is 5.38 Å². The summed E-state index contributed by atoms with van der Waals surface area (Å²) in [5.41, 5.74) is 2.76. The molecule has 0 N–H and O–H groups in total. The van der Waals surface area contributed by atoms with Crippen LogP contribution >= 0.6 is 11.3 Å². The van der Waals surface area contributed by atoms with Gasteiger partial charge in [-0.1, -0.05) is 11.2 Å². The van der Waals surface area contributed by atoms with Crippen molar-refractivity contribution in [3.05, 3.63) is 16.6 Å². The van der Waals surface area contributed by atoms with Gasteiger partial charge in [-0.3, -0.25) is 0 Å². The molecular weight excluding hydrogens is 183 g/mol. The van der Waals surface area contributed by atoms with Crippen molar-refractivity contribution in [3.63, 3.8) is 0 Å². The molecule has 0 aromatic carbocycles. The number of thiazole rings is 1. The Hall–Kier alpha value is 0.734.